The number of alkyl halides is 2. The van der Waals surface area contributed by atoms with Crippen molar-refractivity contribution in [2.75, 3.05) is 18.9 Å². The molecule has 0 aliphatic rings. The first-order chi connectivity index (χ1) is 8.97. The van der Waals surface area contributed by atoms with E-state index in [9.17, 15) is 13.6 Å². The molecule has 0 saturated carbocycles. The minimum atomic E-state index is -2.62. The maximum atomic E-state index is 12.2. The van der Waals surface area contributed by atoms with E-state index in [1.807, 2.05) is 6.92 Å². The Labute approximate surface area is 110 Å². The predicted molar refractivity (Wildman–Crippen MR) is 67.7 cm³/mol. The number of carbonyl (C=O) groups excluding carboxylic acids is 1. The average Bonchev–Trinajstić information content (AvgIpc) is 2.36. The van der Waals surface area contributed by atoms with Crippen molar-refractivity contribution in [3.8, 4) is 5.75 Å². The lowest BCUT2D eigenvalue weighted by atomic mass is 10.1. The highest BCUT2D eigenvalue weighted by molar-refractivity contribution is 5.98. The fourth-order valence-electron chi connectivity index (χ4n) is 1.51. The number of hydrogen-bond donors (Lipinski definition) is 1. The summed E-state index contributed by atoms with van der Waals surface area (Å²) in [6.07, 6.45) is -1.97. The van der Waals surface area contributed by atoms with Crippen LogP contribution in [0, 0.1) is 6.92 Å². The normalized spacial score (nSPS) is 10.6. The van der Waals surface area contributed by atoms with Crippen LogP contribution in [0.2, 0.25) is 0 Å². The van der Waals surface area contributed by atoms with Gasteiger partial charge in [0.15, 0.2) is 0 Å². The molecule has 2 N–H and O–H groups in total. The van der Waals surface area contributed by atoms with Gasteiger partial charge in [0.2, 0.25) is 0 Å². The molecule has 0 saturated heterocycles. The topological polar surface area (TPSA) is 61.5 Å². The van der Waals surface area contributed by atoms with Crippen LogP contribution >= 0.6 is 0 Å². The highest BCUT2D eigenvalue weighted by Crippen LogP contribution is 2.29. The smallest absolute Gasteiger partial charge is 0.344 e. The SMILES string of the molecule is CCCOC(=O)c1c(N)ccc(C)c1OCC(F)F. The number of halogens is 2. The Morgan fingerprint density at radius 3 is 2.68 bits per heavy atom. The van der Waals surface area contributed by atoms with E-state index in [4.69, 9.17) is 15.2 Å². The van der Waals surface area contributed by atoms with Crippen molar-refractivity contribution in [3.63, 3.8) is 0 Å². The van der Waals surface area contributed by atoms with Crippen molar-refractivity contribution in [1.82, 2.24) is 0 Å². The lowest BCUT2D eigenvalue weighted by Crippen LogP contribution is -2.15. The van der Waals surface area contributed by atoms with Gasteiger partial charge in [-0.1, -0.05) is 13.0 Å². The highest BCUT2D eigenvalue weighted by Gasteiger charge is 2.20. The van der Waals surface area contributed by atoms with Gasteiger partial charge in [0.1, 0.15) is 17.9 Å². The number of hydrogen-bond acceptors (Lipinski definition) is 4. The van der Waals surface area contributed by atoms with Gasteiger partial charge < -0.3 is 15.2 Å². The molecule has 1 aromatic rings. The van der Waals surface area contributed by atoms with Crippen molar-refractivity contribution in [1.29, 1.82) is 0 Å². The number of rotatable bonds is 6. The molecule has 0 unspecified atom stereocenters. The van der Waals surface area contributed by atoms with Crippen LogP contribution in [-0.4, -0.2) is 25.6 Å². The molecule has 6 heteroatoms. The van der Waals surface area contributed by atoms with E-state index in [1.54, 1.807) is 13.0 Å². The molecule has 0 bridgehead atoms. The van der Waals surface area contributed by atoms with E-state index in [0.29, 0.717) is 12.0 Å². The number of carbonyl (C=O) groups is 1. The van der Waals surface area contributed by atoms with E-state index in [1.165, 1.54) is 6.07 Å². The van der Waals surface area contributed by atoms with Crippen LogP contribution in [0.3, 0.4) is 0 Å². The Morgan fingerprint density at radius 1 is 1.42 bits per heavy atom. The molecule has 106 valence electrons. The minimum absolute atomic E-state index is 0.00843. The molecule has 0 fully saturated rings. The number of nitrogens with two attached hydrogens (primary N) is 1. The lowest BCUT2D eigenvalue weighted by Gasteiger charge is -2.15. The summed E-state index contributed by atoms with van der Waals surface area (Å²) in [6, 6.07) is 3.12. The largest absolute Gasteiger partial charge is 0.486 e. The molecule has 4 nitrogen and oxygen atoms in total. The van der Waals surface area contributed by atoms with E-state index in [-0.39, 0.29) is 23.6 Å². The zero-order chi connectivity index (χ0) is 14.4. The van der Waals surface area contributed by atoms with Gasteiger partial charge in [-0.25, -0.2) is 13.6 Å². The lowest BCUT2D eigenvalue weighted by molar-refractivity contribution is 0.0489. The highest BCUT2D eigenvalue weighted by atomic mass is 19.3. The van der Waals surface area contributed by atoms with Crippen LogP contribution < -0.4 is 10.5 Å². The van der Waals surface area contributed by atoms with Gasteiger partial charge in [0.05, 0.1) is 6.61 Å². The second-order valence-corrected chi connectivity index (χ2v) is 4.01. The van der Waals surface area contributed by atoms with Crippen molar-refractivity contribution >= 4 is 11.7 Å². The molecular weight excluding hydrogens is 256 g/mol. The molecule has 0 heterocycles. The standard InChI is InChI=1S/C13H17F2NO3/c1-3-6-18-13(17)11-9(16)5-4-8(2)12(11)19-7-10(14)15/h4-5,10H,3,6-7,16H2,1-2H3. The minimum Gasteiger partial charge on any atom is -0.486 e. The molecule has 0 radical (unpaired) electrons. The van der Waals surface area contributed by atoms with Crippen LogP contribution in [0.1, 0.15) is 29.3 Å². The van der Waals surface area contributed by atoms with Crippen LogP contribution in [0.5, 0.6) is 5.75 Å². The Kier molecular flexibility index (Phi) is 5.54. The summed E-state index contributed by atoms with van der Waals surface area (Å²) in [6.45, 7) is 2.94. The number of benzene rings is 1. The Morgan fingerprint density at radius 2 is 2.11 bits per heavy atom. The van der Waals surface area contributed by atoms with Gasteiger partial charge in [0.25, 0.3) is 6.43 Å². The van der Waals surface area contributed by atoms with E-state index < -0.39 is 19.0 Å². The van der Waals surface area contributed by atoms with Gasteiger partial charge in [0, 0.05) is 5.69 Å². The Bertz CT molecular complexity index is 450. The summed E-state index contributed by atoms with van der Waals surface area (Å²) in [5, 5.41) is 0. The third-order valence-electron chi connectivity index (χ3n) is 2.38. The van der Waals surface area contributed by atoms with Gasteiger partial charge >= 0.3 is 5.97 Å². The first kappa shape index (κ1) is 15.2. The Balaban J connectivity index is 3.05. The maximum absolute atomic E-state index is 12.2. The molecule has 0 spiro atoms. The summed E-state index contributed by atoms with van der Waals surface area (Å²) in [4.78, 5) is 11.9. The molecule has 1 rings (SSSR count). The first-order valence-corrected chi connectivity index (χ1v) is 5.94. The molecule has 0 aliphatic carbocycles. The van der Waals surface area contributed by atoms with E-state index in [0.717, 1.165) is 0 Å². The van der Waals surface area contributed by atoms with Gasteiger partial charge in [-0.2, -0.15) is 0 Å². The zero-order valence-corrected chi connectivity index (χ0v) is 10.9. The van der Waals surface area contributed by atoms with E-state index in [2.05, 4.69) is 0 Å². The van der Waals surface area contributed by atoms with Crippen LogP contribution in [0.15, 0.2) is 12.1 Å². The molecule has 0 aliphatic heterocycles. The van der Waals surface area contributed by atoms with Crippen molar-refractivity contribution in [2.24, 2.45) is 0 Å². The fourth-order valence-corrected chi connectivity index (χ4v) is 1.51. The van der Waals surface area contributed by atoms with Crippen LogP contribution in [0.25, 0.3) is 0 Å². The third-order valence-corrected chi connectivity index (χ3v) is 2.38. The number of nitrogen functional groups attached to an aromatic ring is 1. The van der Waals surface area contributed by atoms with E-state index >= 15 is 0 Å². The van der Waals surface area contributed by atoms with Crippen molar-refractivity contribution in [2.45, 2.75) is 26.7 Å². The summed E-state index contributed by atoms with van der Waals surface area (Å²) >= 11 is 0. The predicted octanol–water partition coefficient (Wildman–Crippen LogP) is 2.79. The summed E-state index contributed by atoms with van der Waals surface area (Å²) < 4.78 is 34.4. The van der Waals surface area contributed by atoms with Gasteiger partial charge in [-0.05, 0) is 25.0 Å². The third kappa shape index (κ3) is 4.08. The number of anilines is 1. The number of ether oxygens (including phenoxy) is 2. The molecule has 19 heavy (non-hydrogen) atoms. The zero-order valence-electron chi connectivity index (χ0n) is 10.9. The molecule has 0 amide bonds. The second-order valence-electron chi connectivity index (χ2n) is 4.01. The van der Waals surface area contributed by atoms with Crippen molar-refractivity contribution < 1.29 is 23.0 Å². The quantitative estimate of drug-likeness (QED) is 0.639. The molecular formula is C13H17F2NO3. The first-order valence-electron chi connectivity index (χ1n) is 5.94. The van der Waals surface area contributed by atoms with Crippen molar-refractivity contribution in [3.05, 3.63) is 23.3 Å². The second kappa shape index (κ2) is 6.92. The van der Waals surface area contributed by atoms with Gasteiger partial charge in [-0.3, -0.25) is 0 Å². The van der Waals surface area contributed by atoms with Crippen LogP contribution in [-0.2, 0) is 4.74 Å². The number of esters is 1. The summed E-state index contributed by atoms with van der Waals surface area (Å²) in [7, 11) is 0. The molecule has 0 aromatic heterocycles. The molecule has 1 aromatic carbocycles. The fraction of sp³-hybridized carbons (Fsp3) is 0.462. The summed E-state index contributed by atoms with van der Waals surface area (Å²) in [5.74, 6) is -0.603. The number of aryl methyl sites for hydroxylation is 1. The monoisotopic (exact) mass is 273 g/mol. The Hall–Kier alpha value is -1.85. The maximum Gasteiger partial charge on any atom is 0.344 e. The molecule has 0 atom stereocenters. The summed E-state index contributed by atoms with van der Waals surface area (Å²) in [5.41, 5.74) is 6.41. The van der Waals surface area contributed by atoms with Crippen LogP contribution in [0.4, 0.5) is 14.5 Å². The van der Waals surface area contributed by atoms with Gasteiger partial charge in [-0.15, -0.1) is 0 Å². The average molecular weight is 273 g/mol.